The van der Waals surface area contributed by atoms with Gasteiger partial charge < -0.3 is 0 Å². The summed E-state index contributed by atoms with van der Waals surface area (Å²) in [5, 5.41) is 0.0869. The van der Waals surface area contributed by atoms with Gasteiger partial charge in [-0.2, -0.15) is 0 Å². The Labute approximate surface area is 128 Å². The predicted molar refractivity (Wildman–Crippen MR) is 85.9 cm³/mol. The molecule has 2 unspecified atom stereocenters. The van der Waals surface area contributed by atoms with E-state index in [-0.39, 0.29) is 22.7 Å². The lowest BCUT2D eigenvalue weighted by Gasteiger charge is -2.21. The van der Waals surface area contributed by atoms with Crippen LogP contribution in [-0.2, 0) is 0 Å². The molecule has 0 aliphatic rings. The van der Waals surface area contributed by atoms with Crippen LogP contribution in [0.1, 0.15) is 33.2 Å². The summed E-state index contributed by atoms with van der Waals surface area (Å²) >= 11 is 6.09. The van der Waals surface area contributed by atoms with E-state index in [1.807, 2.05) is 39.0 Å². The Morgan fingerprint density at radius 3 is 2.38 bits per heavy atom. The van der Waals surface area contributed by atoms with Gasteiger partial charge in [0, 0.05) is 6.04 Å². The van der Waals surface area contributed by atoms with Gasteiger partial charge in [-0.3, -0.25) is 14.3 Å². The van der Waals surface area contributed by atoms with Gasteiger partial charge in [0.2, 0.25) is 0 Å². The Bertz CT molecular complexity index is 734. The molecule has 0 radical (unpaired) electrons. The van der Waals surface area contributed by atoms with Crippen LogP contribution in [0.5, 0.6) is 0 Å². The van der Waals surface area contributed by atoms with E-state index < -0.39 is 5.69 Å². The molecule has 4 nitrogen and oxygen atoms in total. The number of rotatable bonds is 4. The first-order valence-electron chi connectivity index (χ1n) is 7.07. The SMILES string of the molecule is CCC(C)C(C)n1c(=O)[nH]c(Cl)c(-c2ccccc2)c1=O. The average Bonchev–Trinajstić information content (AvgIpc) is 2.46. The fourth-order valence-corrected chi connectivity index (χ4v) is 2.61. The normalized spacial score (nSPS) is 13.9. The number of nitrogens with one attached hydrogen (secondary N) is 1. The van der Waals surface area contributed by atoms with Crippen molar-refractivity contribution in [2.75, 3.05) is 0 Å². The highest BCUT2D eigenvalue weighted by Crippen LogP contribution is 2.23. The van der Waals surface area contributed by atoms with Crippen molar-refractivity contribution in [3.63, 3.8) is 0 Å². The molecule has 1 aromatic carbocycles. The molecule has 0 spiro atoms. The van der Waals surface area contributed by atoms with Gasteiger partial charge >= 0.3 is 5.69 Å². The zero-order valence-electron chi connectivity index (χ0n) is 12.4. The van der Waals surface area contributed by atoms with Gasteiger partial charge in [-0.1, -0.05) is 62.2 Å². The quantitative estimate of drug-likeness (QED) is 0.879. The zero-order valence-corrected chi connectivity index (χ0v) is 13.1. The van der Waals surface area contributed by atoms with Crippen LogP contribution in [0.2, 0.25) is 5.15 Å². The van der Waals surface area contributed by atoms with E-state index >= 15 is 0 Å². The summed E-state index contributed by atoms with van der Waals surface area (Å²) in [6, 6.07) is 8.95. The van der Waals surface area contributed by atoms with E-state index in [1.54, 1.807) is 12.1 Å². The van der Waals surface area contributed by atoms with Crippen molar-refractivity contribution in [2.24, 2.45) is 5.92 Å². The van der Waals surface area contributed by atoms with Crippen LogP contribution in [0.3, 0.4) is 0 Å². The number of H-pyrrole nitrogens is 1. The molecule has 0 aliphatic heterocycles. The zero-order chi connectivity index (χ0) is 15.6. The first kappa shape index (κ1) is 15.6. The Morgan fingerprint density at radius 2 is 1.81 bits per heavy atom. The van der Waals surface area contributed by atoms with E-state index in [9.17, 15) is 9.59 Å². The minimum atomic E-state index is -0.461. The molecule has 0 bridgehead atoms. The van der Waals surface area contributed by atoms with Crippen LogP contribution in [-0.4, -0.2) is 9.55 Å². The highest BCUT2D eigenvalue weighted by atomic mass is 35.5. The Morgan fingerprint density at radius 1 is 1.19 bits per heavy atom. The number of hydrogen-bond donors (Lipinski definition) is 1. The first-order chi connectivity index (χ1) is 9.97. The minimum Gasteiger partial charge on any atom is -0.297 e. The van der Waals surface area contributed by atoms with E-state index in [2.05, 4.69) is 4.98 Å². The lowest BCUT2D eigenvalue weighted by atomic mass is 10.0. The second-order valence-electron chi connectivity index (χ2n) is 5.29. The highest BCUT2D eigenvalue weighted by Gasteiger charge is 2.21. The lowest BCUT2D eigenvalue weighted by Crippen LogP contribution is -2.40. The van der Waals surface area contributed by atoms with Crippen LogP contribution in [0.25, 0.3) is 11.1 Å². The maximum Gasteiger partial charge on any atom is 0.329 e. The van der Waals surface area contributed by atoms with Crippen molar-refractivity contribution in [3.8, 4) is 11.1 Å². The second kappa shape index (κ2) is 6.31. The van der Waals surface area contributed by atoms with Gasteiger partial charge in [0.15, 0.2) is 0 Å². The minimum absolute atomic E-state index is 0.0869. The number of halogens is 1. The van der Waals surface area contributed by atoms with Crippen molar-refractivity contribution in [2.45, 2.75) is 33.2 Å². The maximum atomic E-state index is 12.7. The molecule has 1 N–H and O–H groups in total. The van der Waals surface area contributed by atoms with E-state index in [4.69, 9.17) is 11.6 Å². The van der Waals surface area contributed by atoms with E-state index in [0.717, 1.165) is 6.42 Å². The molecule has 2 aromatic rings. The maximum absolute atomic E-state index is 12.7. The Balaban J connectivity index is 2.70. The van der Waals surface area contributed by atoms with Gasteiger partial charge in [-0.25, -0.2) is 4.79 Å². The van der Waals surface area contributed by atoms with Gasteiger partial charge in [-0.05, 0) is 18.4 Å². The topological polar surface area (TPSA) is 54.9 Å². The summed E-state index contributed by atoms with van der Waals surface area (Å²) in [4.78, 5) is 27.4. The number of benzene rings is 1. The van der Waals surface area contributed by atoms with Crippen LogP contribution >= 0.6 is 11.6 Å². The summed E-state index contributed by atoms with van der Waals surface area (Å²) in [5.74, 6) is 0.216. The van der Waals surface area contributed by atoms with Crippen molar-refractivity contribution >= 4 is 11.6 Å². The lowest BCUT2D eigenvalue weighted by molar-refractivity contribution is 0.351. The highest BCUT2D eigenvalue weighted by molar-refractivity contribution is 6.32. The van der Waals surface area contributed by atoms with Crippen LogP contribution in [0.15, 0.2) is 39.9 Å². The Hall–Kier alpha value is -1.81. The molecule has 0 fully saturated rings. The summed E-state index contributed by atoms with van der Waals surface area (Å²) in [6.45, 7) is 5.94. The summed E-state index contributed by atoms with van der Waals surface area (Å²) in [6.07, 6.45) is 0.885. The molecule has 112 valence electrons. The summed E-state index contributed by atoms with van der Waals surface area (Å²) in [7, 11) is 0. The second-order valence-corrected chi connectivity index (χ2v) is 5.66. The molecular formula is C16H19ClN2O2. The molecule has 0 amide bonds. The number of nitrogens with zero attached hydrogens (tertiary/aromatic N) is 1. The molecule has 21 heavy (non-hydrogen) atoms. The molecular weight excluding hydrogens is 288 g/mol. The van der Waals surface area contributed by atoms with Crippen molar-refractivity contribution in [1.82, 2.24) is 9.55 Å². The third kappa shape index (κ3) is 2.95. The molecule has 2 rings (SSSR count). The van der Waals surface area contributed by atoms with Crippen molar-refractivity contribution in [3.05, 3.63) is 56.3 Å². The molecule has 1 aromatic heterocycles. The van der Waals surface area contributed by atoms with Crippen LogP contribution < -0.4 is 11.2 Å². The largest absolute Gasteiger partial charge is 0.329 e. The fourth-order valence-electron chi connectivity index (χ4n) is 2.34. The predicted octanol–water partition coefficient (Wildman–Crippen LogP) is 3.46. The number of hydrogen-bond acceptors (Lipinski definition) is 2. The Kier molecular flexibility index (Phi) is 4.68. The van der Waals surface area contributed by atoms with Crippen LogP contribution in [0.4, 0.5) is 0 Å². The number of aromatic nitrogens is 2. The smallest absolute Gasteiger partial charge is 0.297 e. The number of aromatic amines is 1. The van der Waals surface area contributed by atoms with Gasteiger partial charge in [0.05, 0.1) is 5.56 Å². The van der Waals surface area contributed by atoms with Crippen molar-refractivity contribution < 1.29 is 0 Å². The fraction of sp³-hybridized carbons (Fsp3) is 0.375. The summed E-state index contributed by atoms with van der Waals surface area (Å²) in [5.41, 5.74) is 0.237. The third-order valence-corrected chi connectivity index (χ3v) is 4.31. The average molecular weight is 307 g/mol. The molecule has 1 heterocycles. The van der Waals surface area contributed by atoms with Gasteiger partial charge in [0.1, 0.15) is 5.15 Å². The first-order valence-corrected chi connectivity index (χ1v) is 7.44. The molecule has 0 saturated heterocycles. The molecule has 0 saturated carbocycles. The van der Waals surface area contributed by atoms with E-state index in [0.29, 0.717) is 11.1 Å². The summed E-state index contributed by atoms with van der Waals surface area (Å²) < 4.78 is 1.27. The standard InChI is InChI=1S/C16H19ClN2O2/c1-4-10(2)11(3)19-15(20)13(14(17)18-16(19)21)12-8-6-5-7-9-12/h5-11H,4H2,1-3H3,(H,18,21). The van der Waals surface area contributed by atoms with Gasteiger partial charge in [0.25, 0.3) is 5.56 Å². The molecule has 0 aliphatic carbocycles. The van der Waals surface area contributed by atoms with E-state index in [1.165, 1.54) is 4.57 Å². The molecule has 5 heteroatoms. The third-order valence-electron chi connectivity index (χ3n) is 4.02. The monoisotopic (exact) mass is 306 g/mol. The van der Waals surface area contributed by atoms with Crippen molar-refractivity contribution in [1.29, 1.82) is 0 Å². The van der Waals surface area contributed by atoms with Crippen LogP contribution in [0, 0.1) is 5.92 Å². The van der Waals surface area contributed by atoms with Gasteiger partial charge in [-0.15, -0.1) is 0 Å². The molecule has 2 atom stereocenters.